The summed E-state index contributed by atoms with van der Waals surface area (Å²) in [4.78, 5) is 59.9. The number of carbonyl (C=O) groups excluding carboxylic acids is 2. The number of anilines is 1. The van der Waals surface area contributed by atoms with Crippen LogP contribution < -0.4 is 15.6 Å². The summed E-state index contributed by atoms with van der Waals surface area (Å²) >= 11 is 2.35. The molecule has 194 valence electrons. The number of pyridine rings is 1. The number of β-lactam (4-membered cyclic amide) rings is 1. The van der Waals surface area contributed by atoms with Crippen LogP contribution in [0.2, 0.25) is 0 Å². The lowest BCUT2D eigenvalue weighted by Crippen LogP contribution is -2.71. The van der Waals surface area contributed by atoms with Crippen molar-refractivity contribution >= 4 is 57.7 Å². The first-order chi connectivity index (χ1) is 17.5. The number of thiazole rings is 1. The van der Waals surface area contributed by atoms with Crippen molar-refractivity contribution in [2.75, 3.05) is 11.5 Å². The van der Waals surface area contributed by atoms with Crippen molar-refractivity contribution in [2.24, 2.45) is 5.16 Å². The highest BCUT2D eigenvalue weighted by molar-refractivity contribution is 8.00. The first-order valence-corrected chi connectivity index (χ1v) is 12.8. The number of nitrogens with one attached hydrogen (secondary N) is 1. The van der Waals surface area contributed by atoms with Crippen molar-refractivity contribution in [3.8, 4) is 0 Å². The molecule has 0 bridgehead atoms. The van der Waals surface area contributed by atoms with Gasteiger partial charge in [0, 0.05) is 28.8 Å². The zero-order valence-corrected chi connectivity index (χ0v) is 21.3. The van der Waals surface area contributed by atoms with E-state index in [4.69, 9.17) is 10.6 Å². The van der Waals surface area contributed by atoms with Gasteiger partial charge in [0.15, 0.2) is 29.8 Å². The predicted octanol–water partition coefficient (Wildman–Crippen LogP) is 0.0355. The zero-order chi connectivity index (χ0) is 26.9. The van der Waals surface area contributed by atoms with Gasteiger partial charge in [-0.05, 0) is 13.8 Å². The third-order valence-corrected chi connectivity index (χ3v) is 7.56. The van der Waals surface area contributed by atoms with Gasteiger partial charge in [-0.25, -0.2) is 19.1 Å². The lowest BCUT2D eigenvalue weighted by molar-refractivity contribution is -0.689. The first-order valence-electron chi connectivity index (χ1n) is 10.9. The minimum Gasteiger partial charge on any atom is -0.478 e. The summed E-state index contributed by atoms with van der Waals surface area (Å²) in [6.45, 7) is 2.80. The molecule has 1 fully saturated rings. The maximum Gasteiger partial charge on any atom is 0.352 e. The molecular formula is C22H23N6O7S2+. The van der Waals surface area contributed by atoms with Crippen molar-refractivity contribution in [1.82, 2.24) is 15.2 Å². The molecule has 0 saturated carbocycles. The van der Waals surface area contributed by atoms with Crippen molar-refractivity contribution in [2.45, 2.75) is 37.4 Å². The van der Waals surface area contributed by atoms with E-state index in [9.17, 15) is 29.4 Å². The Balaban J connectivity index is 1.55. The molecule has 15 heteroatoms. The molecule has 1 unspecified atom stereocenters. The SMILES string of the molecule is CC(C)(ON=C(C(=O)NC1C(=O)N2C(C(=O)O)=C(C[n+]3ccccc3)CS[C@H]12)c1csc(N)n1)C(=O)O. The maximum absolute atomic E-state index is 13.1. The number of rotatable bonds is 9. The van der Waals surface area contributed by atoms with Crippen LogP contribution >= 0.6 is 23.1 Å². The van der Waals surface area contributed by atoms with Gasteiger partial charge in [0.2, 0.25) is 5.60 Å². The van der Waals surface area contributed by atoms with E-state index in [0.717, 1.165) is 11.3 Å². The minimum absolute atomic E-state index is 0.0365. The Labute approximate surface area is 218 Å². The van der Waals surface area contributed by atoms with Crippen LogP contribution in [-0.2, 0) is 30.6 Å². The summed E-state index contributed by atoms with van der Waals surface area (Å²) in [5.74, 6) is -3.66. The van der Waals surface area contributed by atoms with E-state index in [2.05, 4.69) is 15.5 Å². The number of fused-ring (bicyclic) bond motifs is 1. The van der Waals surface area contributed by atoms with Crippen molar-refractivity contribution < 1.29 is 38.8 Å². The second kappa shape index (κ2) is 10.2. The van der Waals surface area contributed by atoms with E-state index >= 15 is 0 Å². The Hall–Kier alpha value is -3.98. The van der Waals surface area contributed by atoms with E-state index in [1.807, 2.05) is 22.8 Å². The summed E-state index contributed by atoms with van der Waals surface area (Å²) in [5, 5.41) is 26.3. The summed E-state index contributed by atoms with van der Waals surface area (Å²) < 4.78 is 1.81. The van der Waals surface area contributed by atoms with Gasteiger partial charge in [-0.15, -0.1) is 23.1 Å². The molecule has 2 amide bonds. The number of hydrogen-bond donors (Lipinski definition) is 4. The Morgan fingerprint density at radius 1 is 1.30 bits per heavy atom. The highest BCUT2D eigenvalue weighted by atomic mass is 32.2. The summed E-state index contributed by atoms with van der Waals surface area (Å²) in [5.41, 5.74) is 4.04. The molecule has 2 aromatic rings. The van der Waals surface area contributed by atoms with Crippen molar-refractivity contribution in [3.05, 3.63) is 52.9 Å². The Morgan fingerprint density at radius 3 is 2.59 bits per heavy atom. The lowest BCUT2D eigenvalue weighted by atomic mass is 10.0. The van der Waals surface area contributed by atoms with Gasteiger partial charge in [-0.3, -0.25) is 14.5 Å². The van der Waals surface area contributed by atoms with Crippen molar-refractivity contribution in [1.29, 1.82) is 0 Å². The average Bonchev–Trinajstić information content (AvgIpc) is 3.28. The molecule has 0 aliphatic carbocycles. The number of oxime groups is 1. The number of nitrogens with two attached hydrogens (primary N) is 1. The highest BCUT2D eigenvalue weighted by Crippen LogP contribution is 2.40. The number of nitrogens with zero attached hydrogens (tertiary/aromatic N) is 4. The van der Waals surface area contributed by atoms with Crippen LogP contribution in [0.1, 0.15) is 19.5 Å². The number of nitrogen functional groups attached to an aromatic ring is 1. The number of aliphatic carboxylic acids is 2. The largest absolute Gasteiger partial charge is 0.478 e. The fourth-order valence-corrected chi connectivity index (χ4v) is 5.46. The molecule has 4 rings (SSSR count). The number of carboxylic acid groups (broad SMARTS) is 2. The topological polar surface area (TPSA) is 188 Å². The molecule has 1 saturated heterocycles. The van der Waals surface area contributed by atoms with Crippen LogP contribution in [0.4, 0.5) is 5.13 Å². The van der Waals surface area contributed by atoms with Crippen LogP contribution in [0.25, 0.3) is 0 Å². The third kappa shape index (κ3) is 5.27. The second-order valence-electron chi connectivity index (χ2n) is 8.58. The molecular weight excluding hydrogens is 524 g/mol. The van der Waals surface area contributed by atoms with E-state index in [1.165, 1.54) is 35.9 Å². The van der Waals surface area contributed by atoms with Crippen LogP contribution in [0.5, 0.6) is 0 Å². The smallest absolute Gasteiger partial charge is 0.352 e. The normalized spacial score (nSPS) is 19.7. The lowest BCUT2D eigenvalue weighted by Gasteiger charge is -2.49. The number of thioether (sulfide) groups is 1. The third-order valence-electron chi connectivity index (χ3n) is 5.55. The van der Waals surface area contributed by atoms with Gasteiger partial charge >= 0.3 is 11.9 Å². The van der Waals surface area contributed by atoms with Gasteiger partial charge in [0.05, 0.1) is 0 Å². The second-order valence-corrected chi connectivity index (χ2v) is 10.6. The van der Waals surface area contributed by atoms with E-state index in [1.54, 1.807) is 12.4 Å². The quantitative estimate of drug-likeness (QED) is 0.144. The Bertz CT molecular complexity index is 1320. The number of carbonyl (C=O) groups is 4. The summed E-state index contributed by atoms with van der Waals surface area (Å²) in [6, 6.07) is 4.44. The average molecular weight is 548 g/mol. The molecule has 2 aliphatic rings. The molecule has 4 heterocycles. The van der Waals surface area contributed by atoms with Gasteiger partial charge in [-0.1, -0.05) is 11.2 Å². The maximum atomic E-state index is 13.1. The van der Waals surface area contributed by atoms with Crippen molar-refractivity contribution in [3.63, 3.8) is 0 Å². The monoisotopic (exact) mass is 547 g/mol. The highest BCUT2D eigenvalue weighted by Gasteiger charge is 2.54. The number of aromatic nitrogens is 2. The molecule has 2 aliphatic heterocycles. The van der Waals surface area contributed by atoms with E-state index < -0.39 is 40.8 Å². The van der Waals surface area contributed by atoms with Crippen LogP contribution in [0.15, 0.2) is 52.4 Å². The van der Waals surface area contributed by atoms with Crippen LogP contribution in [-0.4, -0.2) is 72.3 Å². The standard InChI is InChI=1S/C22H22N6O7S2/c1-22(2,20(33)34)35-26-13(12-10-37-21(23)24-12)16(29)25-14-17(30)28-15(19(31)32)11(9-36-18(14)28)8-27-6-4-3-5-7-27/h3-7,10,14,18H,8-9H2,1-2H3,(H4-,23,24,25,29,31,32,33,34)/p+1/t14?,18-/m1/s1. The minimum atomic E-state index is -1.75. The zero-order valence-electron chi connectivity index (χ0n) is 19.7. The Kier molecular flexibility index (Phi) is 7.18. The molecule has 2 aromatic heterocycles. The molecule has 0 aromatic carbocycles. The molecule has 13 nitrogen and oxygen atoms in total. The molecule has 2 atom stereocenters. The number of amides is 2. The number of hydrogen-bond acceptors (Lipinski definition) is 10. The van der Waals surface area contributed by atoms with Gasteiger partial charge in [0.1, 0.15) is 22.8 Å². The molecule has 5 N–H and O–H groups in total. The van der Waals surface area contributed by atoms with Gasteiger partial charge in [-0.2, -0.15) is 0 Å². The first kappa shape index (κ1) is 26.1. The van der Waals surface area contributed by atoms with Gasteiger partial charge < -0.3 is 26.1 Å². The summed E-state index contributed by atoms with van der Waals surface area (Å²) in [6.07, 6.45) is 3.59. The van der Waals surface area contributed by atoms with Crippen LogP contribution in [0.3, 0.4) is 0 Å². The molecule has 37 heavy (non-hydrogen) atoms. The fourth-order valence-electron chi connectivity index (χ4n) is 3.57. The summed E-state index contributed by atoms with van der Waals surface area (Å²) in [7, 11) is 0. The molecule has 0 spiro atoms. The fraction of sp³-hybridized carbons (Fsp3) is 0.318. The van der Waals surface area contributed by atoms with E-state index in [0.29, 0.717) is 17.9 Å². The molecule has 0 radical (unpaired) electrons. The van der Waals surface area contributed by atoms with Crippen LogP contribution in [0, 0.1) is 0 Å². The Morgan fingerprint density at radius 2 is 2.00 bits per heavy atom. The van der Waals surface area contributed by atoms with Gasteiger partial charge in [0.25, 0.3) is 11.8 Å². The van der Waals surface area contributed by atoms with E-state index in [-0.39, 0.29) is 22.2 Å². The number of carboxylic acids is 2. The predicted molar refractivity (Wildman–Crippen MR) is 132 cm³/mol.